The van der Waals surface area contributed by atoms with Gasteiger partial charge in [0, 0.05) is 95.7 Å². The van der Waals surface area contributed by atoms with Gasteiger partial charge in [0.1, 0.15) is 79.8 Å². The first-order chi connectivity index (χ1) is 63.2. The van der Waals surface area contributed by atoms with Crippen LogP contribution in [0.4, 0.5) is 0 Å². The van der Waals surface area contributed by atoms with Crippen molar-refractivity contribution in [2.75, 3.05) is 102 Å². The number of rotatable bonds is 42. The molecular formula is C107H117ClN6O16. The molecule has 12 aromatic rings. The van der Waals surface area contributed by atoms with Crippen molar-refractivity contribution in [3.63, 3.8) is 0 Å². The maximum absolute atomic E-state index is 12.6. The molecule has 12 rings (SSSR count). The van der Waals surface area contributed by atoms with E-state index in [0.29, 0.717) is 101 Å². The molecule has 0 heterocycles. The van der Waals surface area contributed by atoms with Crippen LogP contribution in [0.2, 0.25) is 0 Å². The van der Waals surface area contributed by atoms with Crippen LogP contribution in [0.25, 0.3) is 0 Å². The highest BCUT2D eigenvalue weighted by Gasteiger charge is 2.16. The van der Waals surface area contributed by atoms with E-state index < -0.39 is 5.97 Å². The number of benzene rings is 12. The van der Waals surface area contributed by atoms with Crippen LogP contribution in [-0.4, -0.2) is 174 Å². The van der Waals surface area contributed by atoms with Crippen LogP contribution in [0.3, 0.4) is 0 Å². The van der Waals surface area contributed by atoms with E-state index in [9.17, 15) is 29.2 Å². The van der Waals surface area contributed by atoms with E-state index >= 15 is 0 Å². The Labute approximate surface area is 768 Å². The van der Waals surface area contributed by atoms with E-state index in [4.69, 9.17) is 50.1 Å². The molecule has 0 fully saturated rings. The number of ether oxygens (including phenoxy) is 7. The number of halogens is 1. The molecule has 23 heteroatoms. The molecule has 0 spiro atoms. The van der Waals surface area contributed by atoms with Crippen LogP contribution in [0.1, 0.15) is 119 Å². The first-order valence-corrected chi connectivity index (χ1v) is 43.3. The fourth-order valence-electron chi connectivity index (χ4n) is 12.4. The van der Waals surface area contributed by atoms with Gasteiger partial charge in [-0.15, -0.1) is 11.6 Å². The molecule has 0 atom stereocenters. The molecule has 678 valence electrons. The summed E-state index contributed by atoms with van der Waals surface area (Å²) in [6, 6.07) is 101. The van der Waals surface area contributed by atoms with Gasteiger partial charge in [-0.05, 0) is 185 Å². The standard InChI is InChI=1S/C28H32N2O4.C27H30N2O4.C24H23NO4.C24H22O4.C4H10ClN/c1-30(2)18-19-34-29-28(24-9-5-4-6-10-24)25-11-7-8-23(20-25)21-33-26-15-12-22(13-16-26)14-17-27(31)32-3;1-29(2)17-18-33-28-27(23-8-4-3-5-9-23)24-10-6-7-22(19-24)20-32-25-14-11-21(12-15-25)13-16-26(30)31;1-28-23(26)15-12-18-10-13-22(14-11-18)29-17-19-6-5-9-21(16-19)24(25-27)20-7-3-2-4-8-20;1-27-23(25)15-12-18-10-13-22(14-11-18)28-17-19-6-5-9-21(16-19)24(26)20-7-3-2-4-8-20;1-6(2)4-3-5/h4-13,15-16,20H,14,17-19,21H2,1-3H3;3-12,14-15,19H,13,16-18,20H2,1-2H3,(H,30,31);2-11,13-14,16,27H,12,15,17H2,1H3;2-11,13-14,16H,12,15,17H2,1H3;3-4H2,1-2H3/b29-28-;28-27-;25-24-;;. The molecule has 12 aromatic carbocycles. The van der Waals surface area contributed by atoms with Crippen LogP contribution < -0.4 is 18.9 Å². The van der Waals surface area contributed by atoms with E-state index in [-0.39, 0.29) is 30.1 Å². The monoisotopic (exact) mass is 1780 g/mol. The van der Waals surface area contributed by atoms with Crippen molar-refractivity contribution in [2.45, 2.75) is 77.8 Å². The summed E-state index contributed by atoms with van der Waals surface area (Å²) < 4.78 is 37.6. The summed E-state index contributed by atoms with van der Waals surface area (Å²) >= 11 is 5.35. The van der Waals surface area contributed by atoms with Gasteiger partial charge >= 0.3 is 23.9 Å². The third-order valence-electron chi connectivity index (χ3n) is 19.7. The largest absolute Gasteiger partial charge is 0.489 e. The van der Waals surface area contributed by atoms with E-state index in [2.05, 4.69) is 42.0 Å². The highest BCUT2D eigenvalue weighted by Crippen LogP contribution is 2.25. The lowest BCUT2D eigenvalue weighted by atomic mass is 10.0. The predicted octanol–water partition coefficient (Wildman–Crippen LogP) is 19.3. The van der Waals surface area contributed by atoms with Crippen LogP contribution in [0.5, 0.6) is 23.0 Å². The van der Waals surface area contributed by atoms with Gasteiger partial charge in [0.05, 0.1) is 21.3 Å². The summed E-state index contributed by atoms with van der Waals surface area (Å²) in [5, 5.41) is 30.7. The summed E-state index contributed by atoms with van der Waals surface area (Å²) in [6.45, 7) is 5.18. The van der Waals surface area contributed by atoms with Gasteiger partial charge in [-0.2, -0.15) is 0 Å². The zero-order valence-electron chi connectivity index (χ0n) is 75.4. The van der Waals surface area contributed by atoms with Crippen LogP contribution in [-0.2, 0) is 95.2 Å². The minimum atomic E-state index is -0.795. The minimum absolute atomic E-state index is 0.00240. The van der Waals surface area contributed by atoms with E-state index in [0.717, 1.165) is 138 Å². The maximum atomic E-state index is 12.6. The number of hydrogen-bond acceptors (Lipinski definition) is 21. The van der Waals surface area contributed by atoms with Gasteiger partial charge in [-0.25, -0.2) is 0 Å². The fraction of sp³-hybridized carbons (Fsp3) is 0.252. The van der Waals surface area contributed by atoms with Crippen molar-refractivity contribution < 1.29 is 77.1 Å². The predicted molar refractivity (Wildman–Crippen MR) is 512 cm³/mol. The average molecular weight is 1780 g/mol. The third kappa shape index (κ3) is 38.3. The topological polar surface area (TPSA) is 256 Å². The van der Waals surface area contributed by atoms with Crippen molar-refractivity contribution in [1.29, 1.82) is 0 Å². The molecular weight excluding hydrogens is 1660 g/mol. The second kappa shape index (κ2) is 57.6. The molecule has 0 unspecified atom stereocenters. The number of ketones is 1. The number of oxime groups is 3. The summed E-state index contributed by atoms with van der Waals surface area (Å²) in [5.41, 5.74) is 17.0. The van der Waals surface area contributed by atoms with Crippen molar-refractivity contribution in [2.24, 2.45) is 15.5 Å². The van der Waals surface area contributed by atoms with Crippen molar-refractivity contribution in [3.8, 4) is 23.0 Å². The maximum Gasteiger partial charge on any atom is 0.305 e. The lowest BCUT2D eigenvalue weighted by Crippen LogP contribution is -2.17. The van der Waals surface area contributed by atoms with E-state index in [1.807, 2.05) is 355 Å². The lowest BCUT2D eigenvalue weighted by Gasteiger charge is -2.12. The Morgan fingerprint density at radius 1 is 0.300 bits per heavy atom. The molecule has 2 N–H and O–H groups in total. The van der Waals surface area contributed by atoms with Gasteiger partial charge in [0.2, 0.25) is 0 Å². The zero-order chi connectivity index (χ0) is 92.9. The number of aryl methyl sites for hydroxylation is 4. The molecule has 0 saturated heterocycles. The number of carbonyl (C=O) groups excluding carboxylic acids is 4. The molecule has 0 amide bonds. The minimum Gasteiger partial charge on any atom is -0.489 e. The molecule has 0 bridgehead atoms. The van der Waals surface area contributed by atoms with Crippen LogP contribution in [0, 0.1) is 0 Å². The number of likely N-dealkylation sites (N-methyl/N-ethyl adjacent to an activating group) is 2. The van der Waals surface area contributed by atoms with Gasteiger partial charge in [0.15, 0.2) is 5.78 Å². The summed E-state index contributed by atoms with van der Waals surface area (Å²) in [7, 11) is 16.2. The van der Waals surface area contributed by atoms with Crippen molar-refractivity contribution in [1.82, 2.24) is 14.7 Å². The van der Waals surface area contributed by atoms with Gasteiger partial charge in [-0.3, -0.25) is 24.0 Å². The molecule has 0 saturated carbocycles. The Morgan fingerprint density at radius 3 is 0.831 bits per heavy atom. The Kier molecular flexibility index (Phi) is 44.9. The number of aliphatic carboxylic acids is 1. The zero-order valence-corrected chi connectivity index (χ0v) is 76.2. The van der Waals surface area contributed by atoms with Gasteiger partial charge < -0.3 is 67.8 Å². The Morgan fingerprint density at radius 2 is 0.562 bits per heavy atom. The number of hydrogen-bond donors (Lipinski definition) is 2. The van der Waals surface area contributed by atoms with Gasteiger partial charge in [0.25, 0.3) is 0 Å². The van der Waals surface area contributed by atoms with Gasteiger partial charge in [-0.1, -0.05) is 258 Å². The van der Waals surface area contributed by atoms with Crippen LogP contribution >= 0.6 is 11.6 Å². The number of methoxy groups -OCH3 is 3. The molecule has 0 aliphatic heterocycles. The highest BCUT2D eigenvalue weighted by molar-refractivity contribution is 6.18. The quantitative estimate of drug-likeness (QED) is 0.00527. The second-order valence-electron chi connectivity index (χ2n) is 30.5. The number of carboxylic acids is 1. The first-order valence-electron chi connectivity index (χ1n) is 42.7. The fourth-order valence-corrected chi connectivity index (χ4v) is 12.7. The number of nitrogens with zero attached hydrogens (tertiary/aromatic N) is 6. The molecule has 0 aromatic heterocycles. The molecule has 0 aliphatic carbocycles. The molecule has 22 nitrogen and oxygen atoms in total. The summed E-state index contributed by atoms with van der Waals surface area (Å²) in [5.74, 6) is 2.29. The third-order valence-corrected chi connectivity index (χ3v) is 19.8. The Bertz CT molecular complexity index is 5450. The second-order valence-corrected chi connectivity index (χ2v) is 30.9. The Hall–Kier alpha value is -14.0. The number of alkyl halides is 1. The Balaban J connectivity index is 0.000000210. The molecule has 130 heavy (non-hydrogen) atoms. The number of carboxylic acid groups (broad SMARTS) is 1. The highest BCUT2D eigenvalue weighted by atomic mass is 35.5. The van der Waals surface area contributed by atoms with Crippen molar-refractivity contribution in [3.05, 3.63) is 404 Å². The smallest absolute Gasteiger partial charge is 0.305 e. The molecule has 0 aliphatic rings. The van der Waals surface area contributed by atoms with Crippen molar-refractivity contribution >= 4 is 58.4 Å². The summed E-state index contributed by atoms with van der Waals surface area (Å²) in [6.07, 6.45) is 3.64. The van der Waals surface area contributed by atoms with E-state index in [1.54, 1.807) is 0 Å². The normalized spacial score (nSPS) is 11.0. The first kappa shape index (κ1) is 101. The SMILES string of the molecule is CN(C)CCCl.CN(C)CCO/N=C(/c1ccccc1)c1cccc(COc2ccc(CCC(=O)O)cc2)c1.COC(=O)CCc1ccc(OCc2cccc(/C(=N\O)c3ccccc3)c2)cc1.COC(=O)CCc1ccc(OCc2cccc(/C(=N\OCCN(C)C)c3ccccc3)c2)cc1.COC(=O)CCc1ccc(OCc2cccc(C(=O)c3ccccc3)c2)cc1. The number of carbonyl (C=O) groups is 5. The average Bonchev–Trinajstić information content (AvgIpc) is 0.820. The van der Waals surface area contributed by atoms with Crippen LogP contribution in [0.15, 0.2) is 331 Å². The lowest BCUT2D eigenvalue weighted by molar-refractivity contribution is -0.141. The summed E-state index contributed by atoms with van der Waals surface area (Å²) in [4.78, 5) is 74.4. The molecule has 0 radical (unpaired) electrons. The number of esters is 3. The van der Waals surface area contributed by atoms with E-state index in [1.165, 1.54) is 21.3 Å².